The van der Waals surface area contributed by atoms with E-state index in [1.165, 1.54) is 17.3 Å². The largest absolute Gasteiger partial charge is 0.495 e. The minimum absolute atomic E-state index is 0.124. The standard InChI is InChI=1S/C21H22ClN5O2S/c1-4-13-5-8-15(9-6-13)23-20(28)19-18(14-7-10-17(29-3)16(22)11-14)26-27-12(2)24-25-21(27)30-19/h5-11,18-19,26H,4H2,1-3H3,(H,23,28)/t18-,19-/m1/s1. The summed E-state index contributed by atoms with van der Waals surface area (Å²) >= 11 is 7.73. The van der Waals surface area contributed by atoms with Gasteiger partial charge in [-0.1, -0.05) is 48.5 Å². The molecule has 1 aliphatic heterocycles. The average Bonchev–Trinajstić information content (AvgIpc) is 3.13. The molecule has 0 radical (unpaired) electrons. The molecule has 0 unspecified atom stereocenters. The molecule has 1 amide bonds. The first-order valence-corrected chi connectivity index (χ1v) is 10.8. The molecule has 0 saturated heterocycles. The van der Waals surface area contributed by atoms with Crippen molar-refractivity contribution in [2.24, 2.45) is 0 Å². The number of aryl methyl sites for hydroxylation is 2. The number of hydrogen-bond acceptors (Lipinski definition) is 6. The van der Waals surface area contributed by atoms with Gasteiger partial charge in [0, 0.05) is 5.69 Å². The molecular weight excluding hydrogens is 422 g/mol. The number of carbonyl (C=O) groups excluding carboxylic acids is 1. The molecule has 0 bridgehead atoms. The van der Waals surface area contributed by atoms with Crippen LogP contribution in [0.4, 0.5) is 5.69 Å². The molecule has 2 aromatic carbocycles. The molecule has 2 heterocycles. The summed E-state index contributed by atoms with van der Waals surface area (Å²) in [5.41, 5.74) is 6.22. The van der Waals surface area contributed by atoms with Gasteiger partial charge in [-0.05, 0) is 48.7 Å². The van der Waals surface area contributed by atoms with Gasteiger partial charge >= 0.3 is 0 Å². The molecule has 7 nitrogen and oxygen atoms in total. The number of benzene rings is 2. The minimum atomic E-state index is -0.476. The van der Waals surface area contributed by atoms with Crippen molar-refractivity contribution in [3.8, 4) is 5.75 Å². The van der Waals surface area contributed by atoms with Crippen molar-refractivity contribution in [1.29, 1.82) is 0 Å². The average molecular weight is 444 g/mol. The number of nitrogens with one attached hydrogen (secondary N) is 2. The molecule has 0 spiro atoms. The number of thioether (sulfide) groups is 1. The normalized spacial score (nSPS) is 17.7. The number of methoxy groups -OCH3 is 1. The van der Waals surface area contributed by atoms with E-state index < -0.39 is 5.25 Å². The Balaban J connectivity index is 1.65. The number of hydrogen-bond donors (Lipinski definition) is 2. The highest BCUT2D eigenvalue weighted by Gasteiger charge is 2.37. The van der Waals surface area contributed by atoms with Gasteiger partial charge < -0.3 is 15.5 Å². The van der Waals surface area contributed by atoms with Gasteiger partial charge in [0.2, 0.25) is 11.1 Å². The van der Waals surface area contributed by atoms with Crippen molar-refractivity contribution < 1.29 is 9.53 Å². The lowest BCUT2D eigenvalue weighted by Crippen LogP contribution is -2.41. The zero-order valence-electron chi connectivity index (χ0n) is 16.8. The zero-order valence-corrected chi connectivity index (χ0v) is 18.4. The van der Waals surface area contributed by atoms with Gasteiger partial charge in [0.15, 0.2) is 0 Å². The van der Waals surface area contributed by atoms with E-state index >= 15 is 0 Å². The van der Waals surface area contributed by atoms with Crippen LogP contribution in [-0.2, 0) is 11.2 Å². The van der Waals surface area contributed by atoms with E-state index in [2.05, 4.69) is 27.9 Å². The lowest BCUT2D eigenvalue weighted by molar-refractivity contribution is -0.116. The number of anilines is 1. The summed E-state index contributed by atoms with van der Waals surface area (Å²) in [5.74, 6) is 1.18. The van der Waals surface area contributed by atoms with E-state index in [1.807, 2.05) is 43.3 Å². The number of rotatable bonds is 5. The van der Waals surface area contributed by atoms with Gasteiger partial charge in [0.05, 0.1) is 18.2 Å². The lowest BCUT2D eigenvalue weighted by Gasteiger charge is -2.33. The van der Waals surface area contributed by atoms with Gasteiger partial charge in [-0.3, -0.25) is 4.79 Å². The van der Waals surface area contributed by atoms with E-state index in [0.29, 0.717) is 15.9 Å². The summed E-state index contributed by atoms with van der Waals surface area (Å²) in [5, 5.41) is 12.0. The highest BCUT2D eigenvalue weighted by Crippen LogP contribution is 2.39. The Hall–Kier alpha value is -2.71. The zero-order chi connectivity index (χ0) is 21.3. The third kappa shape index (κ3) is 3.97. The number of halogens is 1. The second kappa shape index (κ2) is 8.57. The lowest BCUT2D eigenvalue weighted by atomic mass is 10.0. The van der Waals surface area contributed by atoms with E-state index in [0.717, 1.165) is 23.5 Å². The predicted octanol–water partition coefficient (Wildman–Crippen LogP) is 4.21. The molecule has 0 saturated carbocycles. The molecule has 4 rings (SSSR count). The van der Waals surface area contributed by atoms with Crippen LogP contribution in [0, 0.1) is 6.92 Å². The van der Waals surface area contributed by atoms with Gasteiger partial charge in [-0.2, -0.15) is 0 Å². The molecule has 1 aromatic heterocycles. The maximum absolute atomic E-state index is 13.2. The fourth-order valence-electron chi connectivity index (χ4n) is 3.32. The summed E-state index contributed by atoms with van der Waals surface area (Å²) in [4.78, 5) is 13.2. The molecule has 1 aliphatic rings. The fraction of sp³-hybridized carbons (Fsp3) is 0.286. The Labute approximate surface area is 184 Å². The van der Waals surface area contributed by atoms with Crippen LogP contribution in [0.15, 0.2) is 47.6 Å². The van der Waals surface area contributed by atoms with Crippen LogP contribution in [-0.4, -0.2) is 33.1 Å². The van der Waals surface area contributed by atoms with Gasteiger partial charge in [-0.15, -0.1) is 10.2 Å². The predicted molar refractivity (Wildman–Crippen MR) is 119 cm³/mol. The minimum Gasteiger partial charge on any atom is -0.495 e. The summed E-state index contributed by atoms with van der Waals surface area (Å²) in [6, 6.07) is 13.1. The number of fused-ring (bicyclic) bond motifs is 1. The molecule has 0 fully saturated rings. The molecule has 3 aromatic rings. The van der Waals surface area contributed by atoms with Gasteiger partial charge in [0.25, 0.3) is 0 Å². The summed E-state index contributed by atoms with van der Waals surface area (Å²) in [7, 11) is 1.57. The SMILES string of the molecule is CCc1ccc(NC(=O)[C@@H]2Sc3nnc(C)n3N[C@@H]2c2ccc(OC)c(Cl)c2)cc1. The second-order valence-electron chi connectivity index (χ2n) is 6.94. The number of amides is 1. The maximum atomic E-state index is 13.2. The first-order chi connectivity index (χ1) is 14.5. The summed E-state index contributed by atoms with van der Waals surface area (Å²) < 4.78 is 7.06. The summed E-state index contributed by atoms with van der Waals surface area (Å²) in [6.07, 6.45) is 0.950. The monoisotopic (exact) mass is 443 g/mol. The molecule has 30 heavy (non-hydrogen) atoms. The van der Waals surface area contributed by atoms with Crippen LogP contribution in [0.1, 0.15) is 29.9 Å². The highest BCUT2D eigenvalue weighted by molar-refractivity contribution is 8.00. The third-order valence-corrected chi connectivity index (χ3v) is 6.53. The van der Waals surface area contributed by atoms with Crippen LogP contribution in [0.3, 0.4) is 0 Å². The molecule has 2 atom stereocenters. The smallest absolute Gasteiger partial charge is 0.240 e. The van der Waals surface area contributed by atoms with Crippen molar-refractivity contribution >= 4 is 35.0 Å². The Morgan fingerprint density at radius 3 is 2.70 bits per heavy atom. The van der Waals surface area contributed by atoms with Crippen molar-refractivity contribution in [3.05, 3.63) is 64.4 Å². The van der Waals surface area contributed by atoms with Crippen LogP contribution >= 0.6 is 23.4 Å². The Kier molecular flexibility index (Phi) is 5.87. The van der Waals surface area contributed by atoms with Gasteiger partial charge in [0.1, 0.15) is 16.8 Å². The van der Waals surface area contributed by atoms with Crippen LogP contribution < -0.4 is 15.5 Å². The Morgan fingerprint density at radius 2 is 2.03 bits per heavy atom. The number of ether oxygens (including phenoxy) is 1. The maximum Gasteiger partial charge on any atom is 0.240 e. The van der Waals surface area contributed by atoms with Crippen LogP contribution in [0.25, 0.3) is 0 Å². The first-order valence-electron chi connectivity index (χ1n) is 9.58. The molecule has 0 aliphatic carbocycles. The fourth-order valence-corrected chi connectivity index (χ4v) is 4.72. The van der Waals surface area contributed by atoms with Crippen LogP contribution in [0.5, 0.6) is 5.75 Å². The Bertz CT molecular complexity index is 1070. The summed E-state index contributed by atoms with van der Waals surface area (Å²) in [6.45, 7) is 3.96. The van der Waals surface area contributed by atoms with Crippen LogP contribution in [0.2, 0.25) is 5.02 Å². The quantitative estimate of drug-likeness (QED) is 0.614. The Morgan fingerprint density at radius 1 is 1.27 bits per heavy atom. The third-order valence-electron chi connectivity index (χ3n) is 5.02. The number of nitrogens with zero attached hydrogens (tertiary/aromatic N) is 3. The van der Waals surface area contributed by atoms with Crippen molar-refractivity contribution in [2.75, 3.05) is 17.9 Å². The highest BCUT2D eigenvalue weighted by atomic mass is 35.5. The molecular formula is C21H22ClN5O2S. The van der Waals surface area contributed by atoms with Crippen molar-refractivity contribution in [3.63, 3.8) is 0 Å². The van der Waals surface area contributed by atoms with Gasteiger partial charge in [-0.25, -0.2) is 4.68 Å². The van der Waals surface area contributed by atoms with Crippen molar-refractivity contribution in [1.82, 2.24) is 14.9 Å². The topological polar surface area (TPSA) is 81.1 Å². The van der Waals surface area contributed by atoms with Crippen molar-refractivity contribution in [2.45, 2.75) is 36.7 Å². The van der Waals surface area contributed by atoms with E-state index in [1.54, 1.807) is 17.9 Å². The first kappa shape index (κ1) is 20.6. The van der Waals surface area contributed by atoms with E-state index in [4.69, 9.17) is 16.3 Å². The van der Waals surface area contributed by atoms with E-state index in [9.17, 15) is 4.79 Å². The molecule has 156 valence electrons. The molecule has 9 heteroatoms. The number of aromatic nitrogens is 3. The second-order valence-corrected chi connectivity index (χ2v) is 8.46. The number of carbonyl (C=O) groups is 1. The van der Waals surface area contributed by atoms with E-state index in [-0.39, 0.29) is 11.9 Å². The molecule has 2 N–H and O–H groups in total.